The van der Waals surface area contributed by atoms with Crippen molar-refractivity contribution in [3.05, 3.63) is 57.8 Å². The second-order valence-electron chi connectivity index (χ2n) is 4.62. The third-order valence-corrected chi connectivity index (χ3v) is 3.55. The minimum Gasteiger partial charge on any atom is -0.507 e. The molecule has 0 aliphatic carbocycles. The van der Waals surface area contributed by atoms with Crippen molar-refractivity contribution in [1.82, 2.24) is 5.32 Å². The predicted octanol–water partition coefficient (Wildman–Crippen LogP) is 3.01. The first-order valence-electron chi connectivity index (χ1n) is 6.72. The molecule has 1 amide bonds. The van der Waals surface area contributed by atoms with Crippen LogP contribution >= 0.6 is 15.9 Å². The van der Waals surface area contributed by atoms with E-state index in [0.29, 0.717) is 16.7 Å². The maximum absolute atomic E-state index is 13.4. The summed E-state index contributed by atoms with van der Waals surface area (Å²) in [5, 5.41) is 24.1. The number of rotatable bonds is 5. The molecule has 0 radical (unpaired) electrons. The van der Waals surface area contributed by atoms with Crippen molar-refractivity contribution < 1.29 is 14.3 Å². The fraction of sp³-hybridized carbons (Fsp3) is 0.125. The molecule has 5 nitrogen and oxygen atoms in total. The van der Waals surface area contributed by atoms with Crippen LogP contribution in [0.5, 0.6) is 5.75 Å². The normalized spacial score (nSPS) is 9.96. The van der Waals surface area contributed by atoms with Gasteiger partial charge >= 0.3 is 0 Å². The number of carbonyl (C=O) groups is 1. The Balaban J connectivity index is 1.90. The van der Waals surface area contributed by atoms with Crippen molar-refractivity contribution in [2.24, 2.45) is 0 Å². The molecule has 23 heavy (non-hydrogen) atoms. The molecule has 0 aliphatic heterocycles. The van der Waals surface area contributed by atoms with Crippen LogP contribution in [-0.2, 0) is 0 Å². The van der Waals surface area contributed by atoms with E-state index in [2.05, 4.69) is 26.6 Å². The smallest absolute Gasteiger partial charge is 0.255 e. The monoisotopic (exact) mass is 377 g/mol. The SMILES string of the molecule is N#Cc1c(F)cccc1NCCNC(=O)c1ccc(Br)cc1O. The van der Waals surface area contributed by atoms with Crippen LogP contribution in [0.3, 0.4) is 0 Å². The average molecular weight is 378 g/mol. The summed E-state index contributed by atoms with van der Waals surface area (Å²) in [6, 6.07) is 10.7. The molecule has 7 heteroatoms. The van der Waals surface area contributed by atoms with Gasteiger partial charge in [0.15, 0.2) is 0 Å². The fourth-order valence-electron chi connectivity index (χ4n) is 1.95. The lowest BCUT2D eigenvalue weighted by Gasteiger charge is -2.10. The molecule has 0 saturated heterocycles. The molecule has 0 spiro atoms. The van der Waals surface area contributed by atoms with E-state index in [1.807, 2.05) is 0 Å². The highest BCUT2D eigenvalue weighted by molar-refractivity contribution is 9.10. The van der Waals surface area contributed by atoms with E-state index in [1.54, 1.807) is 18.2 Å². The molecule has 3 N–H and O–H groups in total. The second kappa shape index (κ2) is 7.61. The highest BCUT2D eigenvalue weighted by Crippen LogP contribution is 2.22. The van der Waals surface area contributed by atoms with Gasteiger partial charge in [-0.05, 0) is 30.3 Å². The van der Waals surface area contributed by atoms with Crippen molar-refractivity contribution in [1.29, 1.82) is 5.26 Å². The minimum atomic E-state index is -0.596. The Kier molecular flexibility index (Phi) is 5.55. The van der Waals surface area contributed by atoms with Crippen molar-refractivity contribution in [2.45, 2.75) is 0 Å². The van der Waals surface area contributed by atoms with Gasteiger partial charge in [-0.2, -0.15) is 5.26 Å². The van der Waals surface area contributed by atoms with Gasteiger partial charge in [-0.25, -0.2) is 4.39 Å². The number of anilines is 1. The van der Waals surface area contributed by atoms with Crippen LogP contribution in [-0.4, -0.2) is 24.1 Å². The number of nitrogens with zero attached hydrogens (tertiary/aromatic N) is 1. The lowest BCUT2D eigenvalue weighted by atomic mass is 10.2. The number of amides is 1. The van der Waals surface area contributed by atoms with Gasteiger partial charge in [-0.15, -0.1) is 0 Å². The standard InChI is InChI=1S/C16H13BrFN3O2/c17-10-4-5-11(15(22)8-10)16(23)21-7-6-20-14-3-1-2-13(18)12(14)9-19/h1-5,8,20,22H,6-7H2,(H,21,23). The maximum Gasteiger partial charge on any atom is 0.255 e. The number of nitrogens with one attached hydrogen (secondary N) is 2. The zero-order chi connectivity index (χ0) is 16.8. The van der Waals surface area contributed by atoms with E-state index in [-0.39, 0.29) is 23.4 Å². The molecule has 0 aliphatic rings. The first-order valence-corrected chi connectivity index (χ1v) is 7.51. The predicted molar refractivity (Wildman–Crippen MR) is 87.7 cm³/mol. The minimum absolute atomic E-state index is 0.0654. The average Bonchev–Trinajstić information content (AvgIpc) is 2.51. The van der Waals surface area contributed by atoms with E-state index in [9.17, 15) is 14.3 Å². The number of nitriles is 1. The van der Waals surface area contributed by atoms with Crippen LogP contribution in [0, 0.1) is 17.1 Å². The number of carbonyl (C=O) groups excluding carboxylic acids is 1. The van der Waals surface area contributed by atoms with Crippen molar-refractivity contribution in [3.8, 4) is 11.8 Å². The molecular formula is C16H13BrFN3O2. The van der Waals surface area contributed by atoms with E-state index < -0.39 is 11.7 Å². The van der Waals surface area contributed by atoms with Crippen molar-refractivity contribution >= 4 is 27.5 Å². The van der Waals surface area contributed by atoms with E-state index in [0.717, 1.165) is 0 Å². The Morgan fingerprint density at radius 2 is 2.09 bits per heavy atom. The van der Waals surface area contributed by atoms with Gasteiger partial charge in [-0.1, -0.05) is 22.0 Å². The molecule has 0 bridgehead atoms. The van der Waals surface area contributed by atoms with Crippen LogP contribution in [0.15, 0.2) is 40.9 Å². The third kappa shape index (κ3) is 4.20. The number of benzene rings is 2. The molecule has 2 aromatic rings. The van der Waals surface area contributed by atoms with Crippen molar-refractivity contribution in [3.63, 3.8) is 0 Å². The van der Waals surface area contributed by atoms with Gasteiger partial charge < -0.3 is 15.7 Å². The Morgan fingerprint density at radius 3 is 2.78 bits per heavy atom. The van der Waals surface area contributed by atoms with Gasteiger partial charge in [0.2, 0.25) is 0 Å². The summed E-state index contributed by atoms with van der Waals surface area (Å²) in [7, 11) is 0. The van der Waals surface area contributed by atoms with Crippen LogP contribution in [0.1, 0.15) is 15.9 Å². The number of hydrogen-bond acceptors (Lipinski definition) is 4. The maximum atomic E-state index is 13.4. The number of halogens is 2. The Hall–Kier alpha value is -2.59. The molecule has 0 fully saturated rings. The second-order valence-corrected chi connectivity index (χ2v) is 5.53. The summed E-state index contributed by atoms with van der Waals surface area (Å²) < 4.78 is 14.1. The highest BCUT2D eigenvalue weighted by Gasteiger charge is 2.11. The molecule has 2 rings (SSSR count). The largest absolute Gasteiger partial charge is 0.507 e. The van der Waals surface area contributed by atoms with E-state index in [1.165, 1.54) is 24.3 Å². The van der Waals surface area contributed by atoms with Gasteiger partial charge in [-0.3, -0.25) is 4.79 Å². The number of hydrogen-bond donors (Lipinski definition) is 3. The Labute approximate surface area is 140 Å². The molecule has 0 heterocycles. The van der Waals surface area contributed by atoms with Crippen LogP contribution in [0.25, 0.3) is 0 Å². The molecule has 118 valence electrons. The Bertz CT molecular complexity index is 774. The Morgan fingerprint density at radius 1 is 1.30 bits per heavy atom. The topological polar surface area (TPSA) is 85.2 Å². The van der Waals surface area contributed by atoms with Gasteiger partial charge in [0.25, 0.3) is 5.91 Å². The summed E-state index contributed by atoms with van der Waals surface area (Å²) in [6.07, 6.45) is 0. The lowest BCUT2D eigenvalue weighted by molar-refractivity contribution is 0.0952. The first-order chi connectivity index (χ1) is 11.0. The summed E-state index contributed by atoms with van der Waals surface area (Å²) in [4.78, 5) is 11.9. The van der Waals surface area contributed by atoms with E-state index >= 15 is 0 Å². The van der Waals surface area contributed by atoms with Gasteiger partial charge in [0.05, 0.1) is 11.3 Å². The molecule has 0 saturated carbocycles. The van der Waals surface area contributed by atoms with Crippen molar-refractivity contribution in [2.75, 3.05) is 18.4 Å². The number of aromatic hydroxyl groups is 1. The number of phenols is 1. The van der Waals surface area contributed by atoms with Crippen LogP contribution < -0.4 is 10.6 Å². The number of phenolic OH excluding ortho intramolecular Hbond substituents is 1. The molecule has 0 unspecified atom stereocenters. The van der Waals surface area contributed by atoms with Gasteiger partial charge in [0, 0.05) is 17.6 Å². The first kappa shape index (κ1) is 16.8. The summed E-state index contributed by atoms with van der Waals surface area (Å²) in [6.45, 7) is 0.552. The summed E-state index contributed by atoms with van der Waals surface area (Å²) >= 11 is 3.20. The molecule has 2 aromatic carbocycles. The quantitative estimate of drug-likeness (QED) is 0.699. The fourth-order valence-corrected chi connectivity index (χ4v) is 2.30. The summed E-state index contributed by atoms with van der Waals surface area (Å²) in [5.41, 5.74) is 0.467. The lowest BCUT2D eigenvalue weighted by Crippen LogP contribution is -2.29. The molecule has 0 atom stereocenters. The van der Waals surface area contributed by atoms with E-state index in [4.69, 9.17) is 5.26 Å². The zero-order valence-corrected chi connectivity index (χ0v) is 13.5. The molecular weight excluding hydrogens is 365 g/mol. The zero-order valence-electron chi connectivity index (χ0n) is 11.9. The third-order valence-electron chi connectivity index (χ3n) is 3.06. The van der Waals surface area contributed by atoms with Crippen LogP contribution in [0.4, 0.5) is 10.1 Å². The molecule has 0 aromatic heterocycles. The van der Waals surface area contributed by atoms with Gasteiger partial charge in [0.1, 0.15) is 23.2 Å². The van der Waals surface area contributed by atoms with Crippen LogP contribution in [0.2, 0.25) is 0 Å². The summed E-state index contributed by atoms with van der Waals surface area (Å²) in [5.74, 6) is -1.14. The highest BCUT2D eigenvalue weighted by atomic mass is 79.9.